The molecule has 19 heavy (non-hydrogen) atoms. The maximum absolute atomic E-state index is 12.1. The lowest BCUT2D eigenvalue weighted by Gasteiger charge is -2.22. The molecule has 1 aromatic rings. The lowest BCUT2D eigenvalue weighted by molar-refractivity contribution is -0.124. The summed E-state index contributed by atoms with van der Waals surface area (Å²) >= 11 is 0. The van der Waals surface area contributed by atoms with E-state index < -0.39 is 6.04 Å². The topological polar surface area (TPSA) is 83.1 Å². The molecule has 1 unspecified atom stereocenters. The Morgan fingerprint density at radius 2 is 2.26 bits per heavy atom. The van der Waals surface area contributed by atoms with E-state index in [0.717, 1.165) is 12.1 Å². The van der Waals surface area contributed by atoms with Gasteiger partial charge in [0.25, 0.3) is 5.91 Å². The second-order valence-corrected chi connectivity index (χ2v) is 4.59. The zero-order valence-electron chi connectivity index (χ0n) is 11.1. The van der Waals surface area contributed by atoms with Crippen LogP contribution < -0.4 is 16.0 Å². The van der Waals surface area contributed by atoms with E-state index in [1.807, 2.05) is 6.92 Å². The molecule has 1 aliphatic heterocycles. The van der Waals surface area contributed by atoms with Crippen LogP contribution in [0.15, 0.2) is 12.1 Å². The van der Waals surface area contributed by atoms with Gasteiger partial charge in [0.1, 0.15) is 11.9 Å². The predicted octanol–water partition coefficient (Wildman–Crippen LogP) is 0.440. The SMILES string of the molecule is CNc1cc(C(=O)NC2CCCNC2=O)cc(C)n1. The van der Waals surface area contributed by atoms with Crippen molar-refractivity contribution in [2.75, 3.05) is 18.9 Å². The molecule has 1 aliphatic rings. The van der Waals surface area contributed by atoms with Crippen LogP contribution in [0, 0.1) is 6.92 Å². The third-order valence-electron chi connectivity index (χ3n) is 3.06. The van der Waals surface area contributed by atoms with Gasteiger partial charge in [0.05, 0.1) is 0 Å². The Bertz CT molecular complexity index is 501. The largest absolute Gasteiger partial charge is 0.373 e. The molecule has 2 amide bonds. The fourth-order valence-electron chi connectivity index (χ4n) is 2.08. The maximum atomic E-state index is 12.1. The Balaban J connectivity index is 2.11. The number of hydrogen-bond acceptors (Lipinski definition) is 4. The van der Waals surface area contributed by atoms with Crippen LogP contribution >= 0.6 is 0 Å². The van der Waals surface area contributed by atoms with Crippen LogP contribution in [0.5, 0.6) is 0 Å². The van der Waals surface area contributed by atoms with Crippen molar-refractivity contribution in [3.05, 3.63) is 23.4 Å². The van der Waals surface area contributed by atoms with Crippen LogP contribution in [0.4, 0.5) is 5.82 Å². The van der Waals surface area contributed by atoms with E-state index in [4.69, 9.17) is 0 Å². The van der Waals surface area contributed by atoms with E-state index in [-0.39, 0.29) is 11.8 Å². The van der Waals surface area contributed by atoms with E-state index >= 15 is 0 Å². The average molecular weight is 262 g/mol. The highest BCUT2D eigenvalue weighted by Crippen LogP contribution is 2.11. The van der Waals surface area contributed by atoms with E-state index in [2.05, 4.69) is 20.9 Å². The second kappa shape index (κ2) is 5.69. The minimum absolute atomic E-state index is 0.112. The van der Waals surface area contributed by atoms with Crippen molar-refractivity contribution < 1.29 is 9.59 Å². The Hall–Kier alpha value is -2.11. The Labute approximate surface area is 112 Å². The minimum Gasteiger partial charge on any atom is -0.373 e. The molecule has 102 valence electrons. The summed E-state index contributed by atoms with van der Waals surface area (Å²) in [4.78, 5) is 28.0. The number of hydrogen-bond donors (Lipinski definition) is 3. The van der Waals surface area contributed by atoms with Gasteiger partial charge < -0.3 is 16.0 Å². The minimum atomic E-state index is -0.437. The number of pyridine rings is 1. The van der Waals surface area contributed by atoms with Crippen molar-refractivity contribution >= 4 is 17.6 Å². The number of carbonyl (C=O) groups excluding carboxylic acids is 2. The van der Waals surface area contributed by atoms with Gasteiger partial charge in [-0.1, -0.05) is 0 Å². The van der Waals surface area contributed by atoms with Gasteiger partial charge in [-0.15, -0.1) is 0 Å². The fraction of sp³-hybridized carbons (Fsp3) is 0.462. The summed E-state index contributed by atoms with van der Waals surface area (Å²) in [5.74, 6) is 0.279. The first-order chi connectivity index (χ1) is 9.10. The van der Waals surface area contributed by atoms with Crippen LogP contribution in [0.25, 0.3) is 0 Å². The molecular formula is C13H18N4O2. The van der Waals surface area contributed by atoms with Crippen molar-refractivity contribution in [3.8, 4) is 0 Å². The highest BCUT2D eigenvalue weighted by Gasteiger charge is 2.24. The zero-order chi connectivity index (χ0) is 13.8. The number of piperidine rings is 1. The monoisotopic (exact) mass is 262 g/mol. The molecule has 2 heterocycles. The number of rotatable bonds is 3. The number of carbonyl (C=O) groups is 2. The summed E-state index contributed by atoms with van der Waals surface area (Å²) in [6, 6.07) is 2.94. The number of amides is 2. The summed E-state index contributed by atoms with van der Waals surface area (Å²) in [6.45, 7) is 2.51. The van der Waals surface area contributed by atoms with Gasteiger partial charge in [0, 0.05) is 24.8 Å². The van der Waals surface area contributed by atoms with Gasteiger partial charge in [-0.25, -0.2) is 4.98 Å². The van der Waals surface area contributed by atoms with Crippen LogP contribution in [0.3, 0.4) is 0 Å². The third kappa shape index (κ3) is 3.21. The third-order valence-corrected chi connectivity index (χ3v) is 3.06. The Kier molecular flexibility index (Phi) is 3.99. The molecule has 6 heteroatoms. The van der Waals surface area contributed by atoms with E-state index in [1.165, 1.54) is 0 Å². The Morgan fingerprint density at radius 1 is 1.47 bits per heavy atom. The molecule has 0 saturated carbocycles. The molecule has 0 radical (unpaired) electrons. The van der Waals surface area contributed by atoms with Crippen LogP contribution in [0.2, 0.25) is 0 Å². The highest BCUT2D eigenvalue weighted by molar-refractivity contribution is 5.98. The number of aromatic nitrogens is 1. The first-order valence-corrected chi connectivity index (χ1v) is 6.35. The molecule has 1 atom stereocenters. The van der Waals surface area contributed by atoms with Gasteiger partial charge in [-0.05, 0) is 31.9 Å². The van der Waals surface area contributed by atoms with Gasteiger partial charge in [-0.3, -0.25) is 9.59 Å². The number of nitrogens with one attached hydrogen (secondary N) is 3. The summed E-state index contributed by atoms with van der Waals surface area (Å²) in [5, 5.41) is 8.41. The van der Waals surface area contributed by atoms with Crippen molar-refractivity contribution in [2.45, 2.75) is 25.8 Å². The smallest absolute Gasteiger partial charge is 0.252 e. The first-order valence-electron chi connectivity index (χ1n) is 6.35. The van der Waals surface area contributed by atoms with E-state index in [9.17, 15) is 9.59 Å². The molecule has 1 aromatic heterocycles. The van der Waals surface area contributed by atoms with Crippen molar-refractivity contribution in [2.24, 2.45) is 0 Å². The maximum Gasteiger partial charge on any atom is 0.252 e. The molecule has 0 aliphatic carbocycles. The molecule has 2 rings (SSSR count). The second-order valence-electron chi connectivity index (χ2n) is 4.59. The molecule has 0 aromatic carbocycles. The first kappa shape index (κ1) is 13.3. The summed E-state index contributed by atoms with van der Waals surface area (Å²) in [5.41, 5.74) is 1.26. The van der Waals surface area contributed by atoms with Gasteiger partial charge >= 0.3 is 0 Å². The van der Waals surface area contributed by atoms with E-state index in [1.54, 1.807) is 19.2 Å². The number of anilines is 1. The summed E-state index contributed by atoms with van der Waals surface area (Å²) < 4.78 is 0. The molecular weight excluding hydrogens is 244 g/mol. The lowest BCUT2D eigenvalue weighted by Crippen LogP contribution is -2.50. The van der Waals surface area contributed by atoms with Crippen molar-refractivity contribution in [1.29, 1.82) is 0 Å². The summed E-state index contributed by atoms with van der Waals surface area (Å²) in [6.07, 6.45) is 1.56. The Morgan fingerprint density at radius 3 is 2.95 bits per heavy atom. The number of aryl methyl sites for hydroxylation is 1. The van der Waals surface area contributed by atoms with Crippen LogP contribution in [-0.4, -0.2) is 36.4 Å². The highest BCUT2D eigenvalue weighted by atomic mass is 16.2. The van der Waals surface area contributed by atoms with Crippen LogP contribution in [-0.2, 0) is 4.79 Å². The van der Waals surface area contributed by atoms with Crippen molar-refractivity contribution in [1.82, 2.24) is 15.6 Å². The molecule has 1 fully saturated rings. The normalized spacial score (nSPS) is 18.6. The standard InChI is InChI=1S/C13H18N4O2/c1-8-6-9(7-11(14-2)16-8)12(18)17-10-4-3-5-15-13(10)19/h6-7,10H,3-5H2,1-2H3,(H,14,16)(H,15,19)(H,17,18). The lowest BCUT2D eigenvalue weighted by atomic mass is 10.1. The molecule has 0 spiro atoms. The van der Waals surface area contributed by atoms with Crippen molar-refractivity contribution in [3.63, 3.8) is 0 Å². The zero-order valence-corrected chi connectivity index (χ0v) is 11.1. The van der Waals surface area contributed by atoms with Gasteiger partial charge in [0.15, 0.2) is 0 Å². The number of nitrogens with zero attached hydrogens (tertiary/aromatic N) is 1. The van der Waals surface area contributed by atoms with Crippen LogP contribution in [0.1, 0.15) is 28.9 Å². The predicted molar refractivity (Wildman–Crippen MR) is 72.0 cm³/mol. The fourth-order valence-corrected chi connectivity index (χ4v) is 2.08. The van der Waals surface area contributed by atoms with E-state index in [0.29, 0.717) is 24.3 Å². The molecule has 3 N–H and O–H groups in total. The molecule has 1 saturated heterocycles. The summed E-state index contributed by atoms with van der Waals surface area (Å²) in [7, 11) is 1.75. The molecule has 6 nitrogen and oxygen atoms in total. The van der Waals surface area contributed by atoms with Gasteiger partial charge in [-0.2, -0.15) is 0 Å². The molecule has 0 bridgehead atoms. The average Bonchev–Trinajstić information content (AvgIpc) is 2.40. The van der Waals surface area contributed by atoms with Gasteiger partial charge in [0.2, 0.25) is 5.91 Å². The quantitative estimate of drug-likeness (QED) is 0.738.